The van der Waals surface area contributed by atoms with Gasteiger partial charge in [-0.05, 0) is 34.9 Å². The first-order valence-electron chi connectivity index (χ1n) is 9.49. The number of hydrogen-bond donors (Lipinski definition) is 1. The Balaban J connectivity index is 1.45. The number of hydrogen-bond acceptors (Lipinski definition) is 3. The van der Waals surface area contributed by atoms with Gasteiger partial charge in [0.1, 0.15) is 0 Å². The van der Waals surface area contributed by atoms with Gasteiger partial charge in [0.2, 0.25) is 5.91 Å². The number of carbonyl (C=O) groups is 2. The van der Waals surface area contributed by atoms with Crippen molar-refractivity contribution in [1.29, 1.82) is 0 Å². The molecule has 1 N–H and O–H groups in total. The van der Waals surface area contributed by atoms with Crippen LogP contribution in [-0.2, 0) is 28.6 Å². The second-order valence-electron chi connectivity index (χ2n) is 7.12. The fourth-order valence-corrected chi connectivity index (χ4v) is 4.72. The van der Waals surface area contributed by atoms with Crippen molar-refractivity contribution in [3.8, 4) is 11.8 Å². The van der Waals surface area contributed by atoms with Crippen molar-refractivity contribution in [2.75, 3.05) is 6.54 Å². The Morgan fingerprint density at radius 2 is 1.80 bits per heavy atom. The normalized spacial score (nSPS) is 17.9. The van der Waals surface area contributed by atoms with E-state index in [0.29, 0.717) is 29.3 Å². The highest BCUT2D eigenvalue weighted by molar-refractivity contribution is 7.93. The third-order valence-corrected chi connectivity index (χ3v) is 6.51. The summed E-state index contributed by atoms with van der Waals surface area (Å²) < 4.78 is 12.8. The molecule has 0 saturated carbocycles. The van der Waals surface area contributed by atoms with Gasteiger partial charge >= 0.3 is 5.97 Å². The van der Waals surface area contributed by atoms with Crippen molar-refractivity contribution >= 4 is 22.7 Å². The van der Waals surface area contributed by atoms with Crippen molar-refractivity contribution in [3.05, 3.63) is 92.7 Å². The number of aromatic carboxylic acids is 1. The van der Waals surface area contributed by atoms with Crippen molar-refractivity contribution < 1.29 is 18.9 Å². The van der Waals surface area contributed by atoms with E-state index in [4.69, 9.17) is 5.11 Å². The smallest absolute Gasteiger partial charge is 0.335 e. The Bertz CT molecular complexity index is 1150. The molecule has 2 aromatic carbocycles. The molecular weight excluding hydrogens is 398 g/mol. The summed E-state index contributed by atoms with van der Waals surface area (Å²) in [7, 11) is -1.37. The molecule has 0 radical (unpaired) electrons. The van der Waals surface area contributed by atoms with E-state index in [-0.39, 0.29) is 17.9 Å². The first-order valence-corrected chi connectivity index (χ1v) is 10.6. The van der Waals surface area contributed by atoms with Crippen molar-refractivity contribution in [3.63, 3.8) is 0 Å². The molecule has 2 heterocycles. The molecule has 0 bridgehead atoms. The zero-order valence-electron chi connectivity index (χ0n) is 16.1. The molecule has 0 spiro atoms. The number of nitrogens with zero attached hydrogens (tertiary/aromatic N) is 1. The minimum Gasteiger partial charge on any atom is -0.478 e. The van der Waals surface area contributed by atoms with Gasteiger partial charge in [-0.25, -0.2) is 9.00 Å². The number of benzene rings is 2. The van der Waals surface area contributed by atoms with Crippen molar-refractivity contribution in [2.24, 2.45) is 0 Å². The molecule has 6 heteroatoms. The third kappa shape index (κ3) is 4.27. The van der Waals surface area contributed by atoms with Gasteiger partial charge in [0.15, 0.2) is 0 Å². The van der Waals surface area contributed by atoms with Crippen LogP contribution in [0.3, 0.4) is 0 Å². The van der Waals surface area contributed by atoms with Crippen LogP contribution in [0.2, 0.25) is 0 Å². The molecule has 1 unspecified atom stereocenters. The maximum Gasteiger partial charge on any atom is 0.335 e. The van der Waals surface area contributed by atoms with Gasteiger partial charge in [-0.15, -0.1) is 0 Å². The van der Waals surface area contributed by atoms with Gasteiger partial charge in [0, 0.05) is 24.4 Å². The number of carbonyl (C=O) groups excluding carboxylic acids is 1. The Kier molecular flexibility index (Phi) is 5.64. The summed E-state index contributed by atoms with van der Waals surface area (Å²) in [5.41, 5.74) is 3.05. The fraction of sp³-hybridized carbons (Fsp3) is 0.167. The molecule has 150 valence electrons. The molecule has 2 aliphatic heterocycles. The molecule has 4 rings (SSSR count). The predicted molar refractivity (Wildman–Crippen MR) is 115 cm³/mol. The highest BCUT2D eigenvalue weighted by Crippen LogP contribution is 2.33. The second kappa shape index (κ2) is 8.52. The highest BCUT2D eigenvalue weighted by atomic mass is 32.2. The van der Waals surface area contributed by atoms with E-state index >= 15 is 0 Å². The highest BCUT2D eigenvalue weighted by Gasteiger charge is 2.32. The molecule has 0 fully saturated rings. The van der Waals surface area contributed by atoms with Crippen LogP contribution in [0.25, 0.3) is 0 Å². The molecule has 1 atom stereocenters. The van der Waals surface area contributed by atoms with E-state index in [0.717, 1.165) is 16.7 Å². The number of allylic oxidation sites excluding steroid dienone is 1. The van der Waals surface area contributed by atoms with Crippen LogP contribution in [0.4, 0.5) is 0 Å². The quantitative estimate of drug-likeness (QED) is 0.775. The minimum absolute atomic E-state index is 0.0868. The molecule has 30 heavy (non-hydrogen) atoms. The Morgan fingerprint density at radius 1 is 1.07 bits per heavy atom. The van der Waals surface area contributed by atoms with Crippen LogP contribution in [0.1, 0.15) is 27.9 Å². The number of amides is 1. The molecule has 2 aliphatic rings. The van der Waals surface area contributed by atoms with Crippen LogP contribution >= 0.6 is 0 Å². The lowest BCUT2D eigenvalue weighted by Crippen LogP contribution is -2.35. The summed E-state index contributed by atoms with van der Waals surface area (Å²) in [6.45, 7) is 0.759. The summed E-state index contributed by atoms with van der Waals surface area (Å²) in [4.78, 5) is 26.5. The van der Waals surface area contributed by atoms with E-state index in [1.165, 1.54) is 12.1 Å². The summed E-state index contributed by atoms with van der Waals surface area (Å²) in [5.74, 6) is 5.02. The van der Waals surface area contributed by atoms with Crippen LogP contribution < -0.4 is 0 Å². The Hall–Kier alpha value is -3.43. The van der Waals surface area contributed by atoms with Gasteiger partial charge in [-0.3, -0.25) is 4.79 Å². The van der Waals surface area contributed by atoms with Gasteiger partial charge in [-0.2, -0.15) is 0 Å². The molecule has 1 amide bonds. The lowest BCUT2D eigenvalue weighted by molar-refractivity contribution is -0.131. The number of carboxylic acids is 1. The second-order valence-corrected chi connectivity index (χ2v) is 8.59. The summed E-state index contributed by atoms with van der Waals surface area (Å²) in [6.07, 6.45) is 2.55. The van der Waals surface area contributed by atoms with Gasteiger partial charge in [-0.1, -0.05) is 54.3 Å². The zero-order chi connectivity index (χ0) is 21.1. The fourth-order valence-electron chi connectivity index (χ4n) is 3.43. The Labute approximate surface area is 177 Å². The van der Waals surface area contributed by atoms with Crippen LogP contribution in [0.5, 0.6) is 0 Å². The molecule has 5 nitrogen and oxygen atoms in total. The molecular formula is C24H19NO4S. The maximum absolute atomic E-state index is 12.8. The summed E-state index contributed by atoms with van der Waals surface area (Å²) >= 11 is 0. The van der Waals surface area contributed by atoms with Gasteiger partial charge in [0.25, 0.3) is 0 Å². The molecule has 0 saturated heterocycles. The van der Waals surface area contributed by atoms with E-state index in [1.807, 2.05) is 36.4 Å². The van der Waals surface area contributed by atoms with E-state index in [9.17, 15) is 13.8 Å². The van der Waals surface area contributed by atoms with Crippen molar-refractivity contribution in [1.82, 2.24) is 4.90 Å². The number of carboxylic acid groups (broad SMARTS) is 1. The van der Waals surface area contributed by atoms with Gasteiger partial charge in [0.05, 0.1) is 27.7 Å². The molecule has 2 aromatic rings. The topological polar surface area (TPSA) is 74.7 Å². The third-order valence-electron chi connectivity index (χ3n) is 5.03. The van der Waals surface area contributed by atoms with E-state index in [2.05, 4.69) is 11.8 Å². The van der Waals surface area contributed by atoms with Gasteiger partial charge < -0.3 is 10.0 Å². The Morgan fingerprint density at radius 3 is 2.50 bits per heavy atom. The average Bonchev–Trinajstić information content (AvgIpc) is 3.04. The lowest BCUT2D eigenvalue weighted by Gasteiger charge is -2.27. The predicted octanol–water partition coefficient (Wildman–Crippen LogP) is 3.26. The largest absolute Gasteiger partial charge is 0.478 e. The SMILES string of the molecule is O=C(O)c1ccc(CN2CC3=C(CC2=O)S(=O)C(C#CCc2ccccc2)=C3)cc1. The van der Waals surface area contributed by atoms with Crippen molar-refractivity contribution in [2.45, 2.75) is 19.4 Å². The van der Waals surface area contributed by atoms with Crippen LogP contribution in [0.15, 0.2) is 76.1 Å². The van der Waals surface area contributed by atoms with Crippen LogP contribution in [-0.4, -0.2) is 32.6 Å². The number of rotatable bonds is 4. The molecule has 0 aromatic heterocycles. The molecule has 0 aliphatic carbocycles. The average molecular weight is 417 g/mol. The summed E-state index contributed by atoms with van der Waals surface area (Å²) in [6, 6.07) is 16.3. The maximum atomic E-state index is 12.8. The standard InChI is InChI=1S/C24H19NO4S/c26-23-14-22-20(16-25(23)15-18-9-11-19(12-10-18)24(27)28)13-21(30(22)29)8-4-7-17-5-2-1-3-6-17/h1-3,5-6,9-13H,7,14-16H2,(H,27,28). The minimum atomic E-state index is -1.37. The summed E-state index contributed by atoms with van der Waals surface area (Å²) in [5, 5.41) is 9.00. The van der Waals surface area contributed by atoms with E-state index in [1.54, 1.807) is 17.0 Å². The van der Waals surface area contributed by atoms with Crippen LogP contribution in [0, 0.1) is 11.8 Å². The lowest BCUT2D eigenvalue weighted by atomic mass is 10.1. The first kappa shape index (κ1) is 19.9. The zero-order valence-corrected chi connectivity index (χ0v) is 16.9. The monoisotopic (exact) mass is 417 g/mol. The van der Waals surface area contributed by atoms with E-state index < -0.39 is 16.8 Å². The first-order chi connectivity index (χ1) is 14.5.